The maximum absolute atomic E-state index is 12.6. The van der Waals surface area contributed by atoms with E-state index in [0.717, 1.165) is 12.8 Å². The van der Waals surface area contributed by atoms with Crippen LogP contribution in [0, 0.1) is 5.92 Å². The maximum Gasteiger partial charge on any atom is 0.326 e. The average Bonchev–Trinajstić information content (AvgIpc) is 3.21. The van der Waals surface area contributed by atoms with Gasteiger partial charge in [-0.1, -0.05) is 42.5 Å². The summed E-state index contributed by atoms with van der Waals surface area (Å²) in [5.74, 6) is -0.662. The molecule has 4 heteroatoms. The Kier molecular flexibility index (Phi) is 3.33. The predicted molar refractivity (Wildman–Crippen MR) is 87.2 cm³/mol. The Morgan fingerprint density at radius 1 is 1.09 bits per heavy atom. The molecular weight excluding hydrogens is 290 g/mol. The predicted octanol–water partition coefficient (Wildman–Crippen LogP) is 3.02. The van der Waals surface area contributed by atoms with Crippen molar-refractivity contribution < 1.29 is 14.7 Å². The largest absolute Gasteiger partial charge is 0.480 e. The van der Waals surface area contributed by atoms with Crippen LogP contribution in [0.3, 0.4) is 0 Å². The fraction of sp³-hybridized carbons (Fsp3) is 0.368. The van der Waals surface area contributed by atoms with E-state index in [1.165, 1.54) is 16.3 Å². The lowest BCUT2D eigenvalue weighted by atomic mass is 10.0. The monoisotopic (exact) mass is 309 g/mol. The van der Waals surface area contributed by atoms with E-state index in [4.69, 9.17) is 0 Å². The highest BCUT2D eigenvalue weighted by atomic mass is 16.4. The third-order valence-corrected chi connectivity index (χ3v) is 5.13. The minimum atomic E-state index is -0.876. The first-order chi connectivity index (χ1) is 11.1. The van der Waals surface area contributed by atoms with Gasteiger partial charge in [-0.25, -0.2) is 4.79 Å². The van der Waals surface area contributed by atoms with Gasteiger partial charge in [-0.3, -0.25) is 4.79 Å². The van der Waals surface area contributed by atoms with E-state index in [2.05, 4.69) is 30.3 Å². The SMILES string of the molecule is O=C(O)C1CCCN1C(=O)C1CC1c1ccc2ccccc2c1. The molecule has 2 aromatic carbocycles. The first-order valence-corrected chi connectivity index (χ1v) is 8.17. The Morgan fingerprint density at radius 2 is 1.87 bits per heavy atom. The van der Waals surface area contributed by atoms with Crippen molar-refractivity contribution in [3.05, 3.63) is 48.0 Å². The van der Waals surface area contributed by atoms with Crippen molar-refractivity contribution in [1.29, 1.82) is 0 Å². The molecule has 0 spiro atoms. The quantitative estimate of drug-likeness (QED) is 0.948. The molecule has 2 fully saturated rings. The Hall–Kier alpha value is -2.36. The van der Waals surface area contributed by atoms with E-state index < -0.39 is 12.0 Å². The smallest absolute Gasteiger partial charge is 0.326 e. The first-order valence-electron chi connectivity index (χ1n) is 8.17. The van der Waals surface area contributed by atoms with Crippen LogP contribution in [0.1, 0.15) is 30.7 Å². The van der Waals surface area contributed by atoms with Crippen LogP contribution in [0.15, 0.2) is 42.5 Å². The summed E-state index contributed by atoms with van der Waals surface area (Å²) in [5.41, 5.74) is 1.19. The summed E-state index contributed by atoms with van der Waals surface area (Å²) in [6.07, 6.45) is 2.20. The molecule has 1 saturated heterocycles. The molecule has 1 N–H and O–H groups in total. The van der Waals surface area contributed by atoms with Crippen LogP contribution in [-0.2, 0) is 9.59 Å². The van der Waals surface area contributed by atoms with Gasteiger partial charge in [0.1, 0.15) is 6.04 Å². The van der Waals surface area contributed by atoms with Gasteiger partial charge in [0.05, 0.1) is 0 Å². The zero-order valence-corrected chi connectivity index (χ0v) is 12.8. The molecule has 118 valence electrons. The van der Waals surface area contributed by atoms with Gasteiger partial charge in [0, 0.05) is 12.5 Å². The summed E-state index contributed by atoms with van der Waals surface area (Å²) < 4.78 is 0. The molecule has 0 radical (unpaired) electrons. The van der Waals surface area contributed by atoms with Crippen LogP contribution in [0.5, 0.6) is 0 Å². The maximum atomic E-state index is 12.6. The van der Waals surface area contributed by atoms with Crippen molar-refractivity contribution in [3.63, 3.8) is 0 Å². The summed E-state index contributed by atoms with van der Waals surface area (Å²) in [4.78, 5) is 25.5. The highest BCUT2D eigenvalue weighted by Gasteiger charge is 2.48. The lowest BCUT2D eigenvalue weighted by molar-refractivity contribution is -0.148. The average molecular weight is 309 g/mol. The fourth-order valence-electron chi connectivity index (χ4n) is 3.77. The van der Waals surface area contributed by atoms with Crippen molar-refractivity contribution in [2.24, 2.45) is 5.92 Å². The normalized spacial score (nSPS) is 26.4. The Labute approximate surface area is 134 Å². The number of carbonyl (C=O) groups excluding carboxylic acids is 1. The van der Waals surface area contributed by atoms with Crippen LogP contribution in [0.25, 0.3) is 10.8 Å². The van der Waals surface area contributed by atoms with Crippen molar-refractivity contribution in [2.45, 2.75) is 31.2 Å². The fourth-order valence-corrected chi connectivity index (χ4v) is 3.77. The third-order valence-electron chi connectivity index (χ3n) is 5.13. The molecule has 3 unspecified atom stereocenters. The third kappa shape index (κ3) is 2.48. The topological polar surface area (TPSA) is 57.6 Å². The number of rotatable bonds is 3. The van der Waals surface area contributed by atoms with Crippen LogP contribution in [0.4, 0.5) is 0 Å². The second kappa shape index (κ2) is 5.37. The van der Waals surface area contributed by atoms with Gasteiger partial charge in [0.2, 0.25) is 5.91 Å². The van der Waals surface area contributed by atoms with Crippen LogP contribution in [-0.4, -0.2) is 34.5 Å². The van der Waals surface area contributed by atoms with Crippen LogP contribution >= 0.6 is 0 Å². The number of hydrogen-bond acceptors (Lipinski definition) is 2. The van der Waals surface area contributed by atoms with E-state index in [-0.39, 0.29) is 17.7 Å². The summed E-state index contributed by atoms with van der Waals surface area (Å²) in [6, 6.07) is 13.9. The lowest BCUT2D eigenvalue weighted by Crippen LogP contribution is -2.41. The standard InChI is InChI=1S/C19H19NO3/c21-18(20-9-3-6-17(20)19(22)23)16-11-15(16)14-8-7-12-4-1-2-5-13(12)10-14/h1-2,4-5,7-8,10,15-17H,3,6,9,11H2,(H,22,23). The molecule has 4 rings (SSSR count). The Morgan fingerprint density at radius 3 is 2.65 bits per heavy atom. The summed E-state index contributed by atoms with van der Waals surface area (Å²) >= 11 is 0. The number of benzene rings is 2. The summed E-state index contributed by atoms with van der Waals surface area (Å²) in [7, 11) is 0. The molecule has 1 amide bonds. The lowest BCUT2D eigenvalue weighted by Gasteiger charge is -2.21. The molecule has 0 aromatic heterocycles. The summed E-state index contributed by atoms with van der Waals surface area (Å²) in [6.45, 7) is 0.580. The molecule has 1 aliphatic carbocycles. The molecule has 0 bridgehead atoms. The second-order valence-corrected chi connectivity index (χ2v) is 6.58. The van der Waals surface area contributed by atoms with E-state index in [1.54, 1.807) is 4.90 Å². The molecule has 3 atom stereocenters. The minimum Gasteiger partial charge on any atom is -0.480 e. The summed E-state index contributed by atoms with van der Waals surface area (Å²) in [5, 5.41) is 11.6. The Balaban J connectivity index is 1.52. The number of likely N-dealkylation sites (tertiary alicyclic amines) is 1. The van der Waals surface area contributed by atoms with Gasteiger partial charge in [0.15, 0.2) is 0 Å². The van der Waals surface area contributed by atoms with Crippen molar-refractivity contribution in [1.82, 2.24) is 4.90 Å². The zero-order chi connectivity index (χ0) is 16.0. The number of carbonyl (C=O) groups is 2. The first kappa shape index (κ1) is 14.2. The van der Waals surface area contributed by atoms with Crippen molar-refractivity contribution >= 4 is 22.6 Å². The van der Waals surface area contributed by atoms with Gasteiger partial charge in [-0.2, -0.15) is 0 Å². The van der Waals surface area contributed by atoms with E-state index in [9.17, 15) is 14.7 Å². The molecule has 1 aliphatic heterocycles. The van der Waals surface area contributed by atoms with E-state index in [1.807, 2.05) is 12.1 Å². The van der Waals surface area contributed by atoms with Gasteiger partial charge in [0.25, 0.3) is 0 Å². The van der Waals surface area contributed by atoms with Crippen LogP contribution < -0.4 is 0 Å². The molecule has 23 heavy (non-hydrogen) atoms. The second-order valence-electron chi connectivity index (χ2n) is 6.58. The van der Waals surface area contributed by atoms with Crippen molar-refractivity contribution in [3.8, 4) is 0 Å². The Bertz CT molecular complexity index is 785. The van der Waals surface area contributed by atoms with Gasteiger partial charge >= 0.3 is 5.97 Å². The van der Waals surface area contributed by atoms with E-state index in [0.29, 0.717) is 13.0 Å². The number of aliphatic carboxylic acids is 1. The van der Waals surface area contributed by atoms with Gasteiger partial charge in [-0.15, -0.1) is 0 Å². The minimum absolute atomic E-state index is 0.0214. The van der Waals surface area contributed by atoms with Gasteiger partial charge < -0.3 is 10.0 Å². The number of amides is 1. The van der Waals surface area contributed by atoms with Crippen molar-refractivity contribution in [2.75, 3.05) is 6.54 Å². The number of carboxylic acid groups (broad SMARTS) is 1. The number of nitrogens with zero attached hydrogens (tertiary/aromatic N) is 1. The number of carboxylic acids is 1. The zero-order valence-electron chi connectivity index (χ0n) is 12.8. The molecule has 1 saturated carbocycles. The molecule has 1 heterocycles. The van der Waals surface area contributed by atoms with E-state index >= 15 is 0 Å². The van der Waals surface area contributed by atoms with Crippen LogP contribution in [0.2, 0.25) is 0 Å². The molecular formula is C19H19NO3. The molecule has 2 aliphatic rings. The highest BCUT2D eigenvalue weighted by Crippen LogP contribution is 2.49. The molecule has 4 nitrogen and oxygen atoms in total. The number of fused-ring (bicyclic) bond motifs is 1. The molecule has 2 aromatic rings. The van der Waals surface area contributed by atoms with Gasteiger partial charge in [-0.05, 0) is 41.5 Å². The highest BCUT2D eigenvalue weighted by molar-refractivity contribution is 5.89. The number of hydrogen-bond donors (Lipinski definition) is 1.